The molecule has 7 aliphatic heterocycles. The number of phenolic OH excluding ortho intramolecular Hbond substituents is 2. The summed E-state index contributed by atoms with van der Waals surface area (Å²) in [5.41, 5.74) is -0.313. The number of methoxy groups -OCH3 is 1. The highest BCUT2D eigenvalue weighted by atomic mass is 19.3. The molecule has 0 radical (unpaired) electrons. The van der Waals surface area contributed by atoms with Crippen molar-refractivity contribution in [3.05, 3.63) is 58.0 Å². The minimum Gasteiger partial charge on any atom is -0.507 e. The van der Waals surface area contributed by atoms with Gasteiger partial charge in [-0.1, -0.05) is 59.8 Å². The predicted octanol–water partition coefficient (Wildman–Crippen LogP) is 5.79. The highest BCUT2D eigenvalue weighted by Gasteiger charge is 2.51. The van der Waals surface area contributed by atoms with Crippen LogP contribution in [0.15, 0.2) is 46.1 Å². The number of amides is 4. The molecule has 7 aliphatic rings. The summed E-state index contributed by atoms with van der Waals surface area (Å²) >= 11 is 0. The Morgan fingerprint density at radius 1 is 0.842 bits per heavy atom. The molecule has 0 unspecified atom stereocenters. The number of aliphatic hydroxyl groups excluding tert-OH is 2. The molecule has 4 amide bonds. The lowest BCUT2D eigenvalue weighted by Gasteiger charge is -2.41. The highest BCUT2D eigenvalue weighted by molar-refractivity contribution is 6.21. The summed E-state index contributed by atoms with van der Waals surface area (Å²) in [6, 6.07) is -0.371. The molecule has 76 heavy (non-hydrogen) atoms. The lowest BCUT2D eigenvalue weighted by atomic mass is 9.78. The van der Waals surface area contributed by atoms with Gasteiger partial charge >= 0.3 is 17.9 Å². The van der Waals surface area contributed by atoms with Crippen LogP contribution in [0.4, 0.5) is 24.1 Å². The fraction of sp³-hybridized carbons (Fsp3) is 0.636. The Morgan fingerprint density at radius 3 is 2.11 bits per heavy atom. The van der Waals surface area contributed by atoms with Gasteiger partial charge in [0.25, 0.3) is 17.6 Å². The van der Waals surface area contributed by atoms with Gasteiger partial charge in [-0.25, -0.2) is 23.4 Å². The van der Waals surface area contributed by atoms with Crippen molar-refractivity contribution in [2.24, 2.45) is 39.6 Å². The number of benzene rings is 2. The Morgan fingerprint density at radius 2 is 1.47 bits per heavy atom. The number of piperidine rings is 2. The maximum absolute atomic E-state index is 15.0. The molecule has 5 bridgehead atoms. The third-order valence-electron chi connectivity index (χ3n) is 16.4. The van der Waals surface area contributed by atoms with Gasteiger partial charge in [0, 0.05) is 139 Å². The van der Waals surface area contributed by atoms with Gasteiger partial charge in [-0.2, -0.15) is 0 Å². The zero-order chi connectivity index (χ0) is 55.3. The molecule has 3 fully saturated rings. The Bertz CT molecular complexity index is 2820. The first-order chi connectivity index (χ1) is 35.8. The number of carbonyl (C=O) groups is 4. The van der Waals surface area contributed by atoms with E-state index in [4.69, 9.17) is 23.9 Å². The number of fused-ring (bicyclic) bond motifs is 13. The molecule has 2 aromatic carbocycles. The zero-order valence-electron chi connectivity index (χ0n) is 45.3. The maximum Gasteiger partial charge on any atom is 0.410 e. The molecule has 416 valence electrons. The number of hydrogen-bond donors (Lipinski definition) is 5. The number of hydrogen-bond acceptors (Lipinski definition) is 15. The third-order valence-corrected chi connectivity index (χ3v) is 16.4. The number of alkyl halides is 2. The second kappa shape index (κ2) is 21.9. The SMILES string of the molecule is CO[C@H]1/C=C/O[C@@]2(C)Oc3c(C)c(O)c4c(O)c(c5c(c4c3C2=O)NC2(CCN(CC(C)C)CC2)N=5)=NC(=O)/C(C)=C\C=C\[C@H](C)[C@H](O)[C@@H](C)[C@@H](O)[C@@H](C)[C@H](OC(=O)N2CCN(C(=O)N3CCC(F)(F)CC3)CC2)[C@@H]1C. The lowest BCUT2D eigenvalue weighted by Crippen LogP contribution is -2.56. The quantitative estimate of drug-likeness (QED) is 0.228. The number of ketones is 1. The molecule has 9 rings (SSSR count). The summed E-state index contributed by atoms with van der Waals surface area (Å²) in [5, 5.41) is 51.4. The van der Waals surface area contributed by atoms with Crippen LogP contribution in [0.1, 0.15) is 97.0 Å². The van der Waals surface area contributed by atoms with E-state index in [1.165, 1.54) is 54.1 Å². The van der Waals surface area contributed by atoms with Crippen molar-refractivity contribution >= 4 is 40.3 Å². The minimum atomic E-state index is -2.81. The molecule has 7 heterocycles. The molecule has 3 saturated heterocycles. The van der Waals surface area contributed by atoms with Gasteiger partial charge in [-0.3, -0.25) is 14.6 Å². The molecule has 0 aliphatic carbocycles. The standard InChI is InChI=1S/C55H75F2N7O12/c1-29(2)28-61-19-17-55(18-20-61)59-40-37-38-45(67)35(8)48-39(37)49(69)53(9,76-48)74-27-14-36(73-10)32(5)47(75-52(72)64-25-23-63(24-26-64)51(71)62-21-15-54(56,57)16-22-62)34(7)44(66)33(6)43(65)30(3)12-11-13-31(4)50(70)58-42(46(38)68)41(40)60-55/h11-14,27,29-30,32-34,36,43-44,47,59,65-68H,15-26,28H2,1-10H3/b12-11+,27-14+,31-13-,58-42?/t30-,32+,33+,34+,36-,43-,44+,47+,53-/m0/s1. The zero-order valence-corrected chi connectivity index (χ0v) is 45.3. The van der Waals surface area contributed by atoms with Crippen LogP contribution >= 0.6 is 0 Å². The number of aliphatic hydroxyl groups is 2. The Hall–Kier alpha value is -5.90. The number of Topliss-reactive ketones (excluding diaryl/α,β-unsaturated/α-hetero) is 1. The Kier molecular flexibility index (Phi) is 16.2. The summed E-state index contributed by atoms with van der Waals surface area (Å²) in [5.74, 6) is -9.66. The Balaban J connectivity index is 1.15. The smallest absolute Gasteiger partial charge is 0.410 e. The number of nitrogens with one attached hydrogen (secondary N) is 1. The van der Waals surface area contributed by atoms with E-state index in [2.05, 4.69) is 29.1 Å². The predicted molar refractivity (Wildman–Crippen MR) is 277 cm³/mol. The monoisotopic (exact) mass is 1060 g/mol. The van der Waals surface area contributed by atoms with E-state index in [9.17, 15) is 48.4 Å². The molecule has 0 aromatic heterocycles. The van der Waals surface area contributed by atoms with Gasteiger partial charge in [0.1, 0.15) is 34.0 Å². The van der Waals surface area contributed by atoms with E-state index in [1.807, 2.05) is 0 Å². The normalized spacial score (nSPS) is 31.7. The summed E-state index contributed by atoms with van der Waals surface area (Å²) in [6.45, 7) is 18.3. The number of aromatic hydroxyl groups is 2. The van der Waals surface area contributed by atoms with Crippen molar-refractivity contribution < 1.29 is 67.3 Å². The third kappa shape index (κ3) is 10.9. The number of carbonyl (C=O) groups excluding carboxylic acids is 4. The van der Waals surface area contributed by atoms with Gasteiger partial charge in [0.15, 0.2) is 5.75 Å². The summed E-state index contributed by atoms with van der Waals surface area (Å²) < 4.78 is 52.5. The van der Waals surface area contributed by atoms with Crippen LogP contribution in [-0.4, -0.2) is 172 Å². The van der Waals surface area contributed by atoms with E-state index in [-0.39, 0.29) is 89.2 Å². The van der Waals surface area contributed by atoms with E-state index >= 15 is 0 Å². The van der Waals surface area contributed by atoms with Gasteiger partial charge in [0.05, 0.1) is 41.2 Å². The van der Waals surface area contributed by atoms with Crippen molar-refractivity contribution in [2.45, 2.75) is 130 Å². The molecule has 21 heteroatoms. The van der Waals surface area contributed by atoms with Crippen molar-refractivity contribution in [3.8, 4) is 17.2 Å². The second-order valence-electron chi connectivity index (χ2n) is 22.4. The van der Waals surface area contributed by atoms with Crippen LogP contribution in [0.25, 0.3) is 10.8 Å². The molecule has 9 atom stereocenters. The average Bonchev–Trinajstić information content (AvgIpc) is 3.94. The molecule has 2 aromatic rings. The number of rotatable bonds is 4. The Labute approximate surface area is 441 Å². The van der Waals surface area contributed by atoms with Crippen LogP contribution in [-0.2, 0) is 19.0 Å². The van der Waals surface area contributed by atoms with Crippen molar-refractivity contribution in [1.29, 1.82) is 0 Å². The molecule has 19 nitrogen and oxygen atoms in total. The molecular formula is C55H75F2N7O12. The number of phenols is 2. The first-order valence-electron chi connectivity index (χ1n) is 26.6. The van der Waals surface area contributed by atoms with Crippen LogP contribution < -0.4 is 20.8 Å². The van der Waals surface area contributed by atoms with Gasteiger partial charge in [0.2, 0.25) is 0 Å². The lowest BCUT2D eigenvalue weighted by molar-refractivity contribution is -0.114. The van der Waals surface area contributed by atoms with Gasteiger partial charge in [-0.15, -0.1) is 0 Å². The fourth-order valence-corrected chi connectivity index (χ4v) is 11.5. The number of ether oxygens (including phenoxy) is 4. The number of likely N-dealkylation sites (tertiary alicyclic amines) is 2. The second-order valence-corrected chi connectivity index (χ2v) is 22.4. The van der Waals surface area contributed by atoms with E-state index in [1.54, 1.807) is 46.8 Å². The van der Waals surface area contributed by atoms with Crippen LogP contribution in [0, 0.1) is 36.5 Å². The van der Waals surface area contributed by atoms with Crippen molar-refractivity contribution in [1.82, 2.24) is 19.6 Å². The molecular weight excluding hydrogens is 989 g/mol. The first kappa shape index (κ1) is 56.3. The number of allylic oxidation sites excluding steroid dienone is 2. The van der Waals surface area contributed by atoms with Crippen LogP contribution in [0.5, 0.6) is 17.2 Å². The largest absolute Gasteiger partial charge is 0.507 e. The number of urea groups is 1. The minimum absolute atomic E-state index is 0.0107. The molecule has 0 saturated carbocycles. The average molecular weight is 1060 g/mol. The van der Waals surface area contributed by atoms with Gasteiger partial charge in [-0.05, 0) is 25.8 Å². The summed E-state index contributed by atoms with van der Waals surface area (Å²) in [7, 11) is 1.43. The van der Waals surface area contributed by atoms with Crippen LogP contribution in [0.2, 0.25) is 0 Å². The first-order valence-corrected chi connectivity index (χ1v) is 26.6. The molecule has 1 spiro atoms. The van der Waals surface area contributed by atoms with Crippen molar-refractivity contribution in [2.75, 3.05) is 71.3 Å². The number of halogens is 2. The number of anilines is 1. The topological polar surface area (TPSA) is 236 Å². The number of piperazine rings is 1. The van der Waals surface area contributed by atoms with E-state index < -0.39 is 108 Å². The fourth-order valence-electron chi connectivity index (χ4n) is 11.5. The van der Waals surface area contributed by atoms with E-state index in [0.717, 1.165) is 6.54 Å². The summed E-state index contributed by atoms with van der Waals surface area (Å²) in [6.07, 6.45) is 2.72. The van der Waals surface area contributed by atoms with Crippen molar-refractivity contribution in [3.63, 3.8) is 0 Å². The molecule has 5 N–H and O–H groups in total. The number of nitrogens with zero attached hydrogens (tertiary/aromatic N) is 6. The van der Waals surface area contributed by atoms with Gasteiger partial charge < -0.3 is 64.3 Å². The maximum atomic E-state index is 15.0. The highest BCUT2D eigenvalue weighted by Crippen LogP contribution is 2.51. The summed E-state index contributed by atoms with van der Waals surface area (Å²) in [4.78, 5) is 72.7. The van der Waals surface area contributed by atoms with E-state index in [0.29, 0.717) is 37.5 Å². The van der Waals surface area contributed by atoms with Crippen LogP contribution in [0.3, 0.4) is 0 Å².